The smallest absolute Gasteiger partial charge is 0.305 e. The van der Waals surface area contributed by atoms with Crippen LogP contribution in [0, 0.1) is 0 Å². The fraction of sp³-hybridized carbons (Fsp3) is 0.828. The fourth-order valence-electron chi connectivity index (χ4n) is 8.70. The van der Waals surface area contributed by atoms with E-state index in [9.17, 15) is 35.1 Å². The minimum atomic E-state index is -1.58. The third-order valence-electron chi connectivity index (χ3n) is 13.2. The number of amides is 1. The Hall–Kier alpha value is -2.38. The summed E-state index contributed by atoms with van der Waals surface area (Å²) in [6, 6.07) is -0.842. The first-order chi connectivity index (χ1) is 33.7. The zero-order valence-electron chi connectivity index (χ0n) is 44.0. The quantitative estimate of drug-likeness (QED) is 0.0196. The molecule has 0 aromatic heterocycles. The van der Waals surface area contributed by atoms with Crippen molar-refractivity contribution < 1.29 is 49.3 Å². The van der Waals surface area contributed by atoms with E-state index >= 15 is 0 Å². The number of ether oxygens (including phenoxy) is 3. The lowest BCUT2D eigenvalue weighted by atomic mass is 9.99. The van der Waals surface area contributed by atoms with Crippen molar-refractivity contribution in [2.75, 3.05) is 19.8 Å². The zero-order valence-corrected chi connectivity index (χ0v) is 44.0. The first kappa shape index (κ1) is 64.6. The number of aliphatic hydroxyl groups excluding tert-OH is 5. The maximum Gasteiger partial charge on any atom is 0.305 e. The van der Waals surface area contributed by atoms with E-state index < -0.39 is 49.5 Å². The maximum atomic E-state index is 13.0. The van der Waals surface area contributed by atoms with Gasteiger partial charge in [-0.15, -0.1) is 0 Å². The van der Waals surface area contributed by atoms with E-state index in [1.807, 2.05) is 19.1 Å². The standard InChI is InChI=1S/C58H105NO10/c1-3-5-7-9-11-13-14-15-16-17-18-19-23-26-30-34-38-42-46-54(63)67-47-43-39-35-31-27-24-21-20-22-25-29-33-37-41-45-53(62)59-50(51(61)44-40-36-32-28-12-10-8-6-4-2)49-68-58-57(66)56(65)55(64)52(48-60)69-58/h4,6,12,16-17,28,40,44,50-52,55-58,60-61,64-66H,3,5,7-11,13-15,18-27,29-39,41-43,45-49H2,1-2H3,(H,59,62)/b6-4+,17-16-,28-12+,44-40+. The van der Waals surface area contributed by atoms with E-state index in [0.29, 0.717) is 25.9 Å². The van der Waals surface area contributed by atoms with Crippen LogP contribution in [0.2, 0.25) is 0 Å². The van der Waals surface area contributed by atoms with Crippen molar-refractivity contribution in [3.63, 3.8) is 0 Å². The number of esters is 1. The minimum Gasteiger partial charge on any atom is -0.466 e. The van der Waals surface area contributed by atoms with Crippen molar-refractivity contribution in [3.8, 4) is 0 Å². The third-order valence-corrected chi connectivity index (χ3v) is 13.2. The van der Waals surface area contributed by atoms with Gasteiger partial charge in [-0.2, -0.15) is 0 Å². The van der Waals surface area contributed by atoms with Gasteiger partial charge in [0.05, 0.1) is 32.0 Å². The topological polar surface area (TPSA) is 175 Å². The summed E-state index contributed by atoms with van der Waals surface area (Å²) in [5.41, 5.74) is 0. The van der Waals surface area contributed by atoms with Gasteiger partial charge in [-0.1, -0.05) is 203 Å². The van der Waals surface area contributed by atoms with Crippen LogP contribution in [0.15, 0.2) is 48.6 Å². The highest BCUT2D eigenvalue weighted by Crippen LogP contribution is 2.23. The van der Waals surface area contributed by atoms with Gasteiger partial charge in [0.1, 0.15) is 24.4 Å². The van der Waals surface area contributed by atoms with Crippen molar-refractivity contribution in [2.24, 2.45) is 0 Å². The number of hydrogen-bond acceptors (Lipinski definition) is 10. The predicted octanol–water partition coefficient (Wildman–Crippen LogP) is 12.5. The molecular weight excluding hydrogens is 871 g/mol. The average molecular weight is 976 g/mol. The Morgan fingerprint density at radius 3 is 1.52 bits per heavy atom. The molecule has 1 aliphatic rings. The molecule has 11 heteroatoms. The summed E-state index contributed by atoms with van der Waals surface area (Å²) in [6.07, 6.45) is 49.4. The maximum absolute atomic E-state index is 13.0. The monoisotopic (exact) mass is 976 g/mol. The van der Waals surface area contributed by atoms with Crippen LogP contribution in [0.3, 0.4) is 0 Å². The Morgan fingerprint density at radius 1 is 0.551 bits per heavy atom. The second-order valence-corrected chi connectivity index (χ2v) is 19.6. The molecule has 6 N–H and O–H groups in total. The van der Waals surface area contributed by atoms with Crippen LogP contribution < -0.4 is 5.32 Å². The molecule has 0 spiro atoms. The van der Waals surface area contributed by atoms with E-state index in [-0.39, 0.29) is 18.5 Å². The first-order valence-electron chi connectivity index (χ1n) is 28.4. The van der Waals surface area contributed by atoms with E-state index in [4.69, 9.17) is 14.2 Å². The molecule has 69 heavy (non-hydrogen) atoms. The van der Waals surface area contributed by atoms with Gasteiger partial charge in [0.2, 0.25) is 5.91 Å². The number of carbonyl (C=O) groups is 2. The molecule has 1 aliphatic heterocycles. The lowest BCUT2D eigenvalue weighted by molar-refractivity contribution is -0.302. The number of aliphatic hydroxyl groups is 5. The van der Waals surface area contributed by atoms with Crippen molar-refractivity contribution >= 4 is 11.9 Å². The van der Waals surface area contributed by atoms with Crippen LogP contribution in [-0.4, -0.2) is 100 Å². The Balaban J connectivity index is 2.05. The summed E-state index contributed by atoms with van der Waals surface area (Å²) in [7, 11) is 0. The second-order valence-electron chi connectivity index (χ2n) is 19.6. The van der Waals surface area contributed by atoms with Crippen molar-refractivity contribution in [2.45, 2.75) is 288 Å². The molecule has 1 rings (SSSR count). The number of rotatable bonds is 48. The number of unbranched alkanes of at least 4 members (excludes halogenated alkanes) is 29. The van der Waals surface area contributed by atoms with Crippen LogP contribution >= 0.6 is 0 Å². The van der Waals surface area contributed by atoms with Gasteiger partial charge >= 0.3 is 5.97 Å². The summed E-state index contributed by atoms with van der Waals surface area (Å²) >= 11 is 0. The molecule has 0 aromatic rings. The van der Waals surface area contributed by atoms with Gasteiger partial charge in [-0.3, -0.25) is 9.59 Å². The summed E-state index contributed by atoms with van der Waals surface area (Å²) < 4.78 is 16.6. The van der Waals surface area contributed by atoms with Crippen LogP contribution in [0.5, 0.6) is 0 Å². The summed E-state index contributed by atoms with van der Waals surface area (Å²) in [5, 5.41) is 54.1. The summed E-state index contributed by atoms with van der Waals surface area (Å²) in [6.45, 7) is 4.04. The highest BCUT2D eigenvalue weighted by atomic mass is 16.7. The molecule has 1 fully saturated rings. The van der Waals surface area contributed by atoms with E-state index in [1.54, 1.807) is 6.08 Å². The van der Waals surface area contributed by atoms with E-state index in [1.165, 1.54) is 141 Å². The number of allylic oxidation sites excluding steroid dienone is 7. The molecule has 0 bridgehead atoms. The van der Waals surface area contributed by atoms with Gasteiger partial charge in [0, 0.05) is 12.8 Å². The molecule has 11 nitrogen and oxygen atoms in total. The SMILES string of the molecule is C/C=C/CC/C=C/CC/C=C/C(O)C(COC1OC(CO)C(O)C(O)C1O)NC(=O)CCCCCCCCCCCCCCCCOC(=O)CCCCCCCCC/C=C\CCCCCCCCC. The fourth-order valence-corrected chi connectivity index (χ4v) is 8.70. The number of nitrogens with one attached hydrogen (secondary N) is 1. The van der Waals surface area contributed by atoms with Crippen molar-refractivity contribution in [3.05, 3.63) is 48.6 Å². The lowest BCUT2D eigenvalue weighted by Gasteiger charge is -2.40. The largest absolute Gasteiger partial charge is 0.466 e. The van der Waals surface area contributed by atoms with Crippen LogP contribution in [-0.2, 0) is 23.8 Å². The highest BCUT2D eigenvalue weighted by molar-refractivity contribution is 5.76. The van der Waals surface area contributed by atoms with Gasteiger partial charge in [-0.25, -0.2) is 0 Å². The van der Waals surface area contributed by atoms with Crippen molar-refractivity contribution in [1.29, 1.82) is 0 Å². The van der Waals surface area contributed by atoms with Gasteiger partial charge < -0.3 is 45.1 Å². The molecule has 7 atom stereocenters. The van der Waals surface area contributed by atoms with Crippen molar-refractivity contribution in [1.82, 2.24) is 5.32 Å². The molecule has 0 aliphatic carbocycles. The summed E-state index contributed by atoms with van der Waals surface area (Å²) in [5.74, 6) is -0.239. The minimum absolute atomic E-state index is 0.0282. The first-order valence-corrected chi connectivity index (χ1v) is 28.4. The normalized spacial score (nSPS) is 19.7. The van der Waals surface area contributed by atoms with Gasteiger partial charge in [0.25, 0.3) is 0 Å². The highest BCUT2D eigenvalue weighted by Gasteiger charge is 2.44. The Kier molecular flexibility index (Phi) is 44.9. The lowest BCUT2D eigenvalue weighted by Crippen LogP contribution is -2.60. The zero-order chi connectivity index (χ0) is 50.3. The molecule has 402 valence electrons. The molecule has 0 aromatic carbocycles. The average Bonchev–Trinajstić information content (AvgIpc) is 3.34. The molecule has 0 radical (unpaired) electrons. The number of carbonyl (C=O) groups excluding carboxylic acids is 2. The summed E-state index contributed by atoms with van der Waals surface area (Å²) in [4.78, 5) is 25.1. The Morgan fingerprint density at radius 2 is 1.00 bits per heavy atom. The van der Waals surface area contributed by atoms with Crippen LogP contribution in [0.4, 0.5) is 0 Å². The van der Waals surface area contributed by atoms with E-state index in [2.05, 4.69) is 42.6 Å². The number of hydrogen-bond donors (Lipinski definition) is 6. The predicted molar refractivity (Wildman–Crippen MR) is 283 cm³/mol. The molecule has 1 heterocycles. The second kappa shape index (κ2) is 47.9. The Bertz CT molecular complexity index is 1290. The molecule has 1 amide bonds. The van der Waals surface area contributed by atoms with E-state index in [0.717, 1.165) is 70.6 Å². The molecule has 0 saturated carbocycles. The molecule has 1 saturated heterocycles. The third kappa shape index (κ3) is 38.0. The Labute approximate surface area is 421 Å². The van der Waals surface area contributed by atoms with Crippen LogP contribution in [0.1, 0.15) is 245 Å². The van der Waals surface area contributed by atoms with Gasteiger partial charge in [-0.05, 0) is 77.6 Å². The molecular formula is C58H105NO10. The van der Waals surface area contributed by atoms with Crippen LogP contribution in [0.25, 0.3) is 0 Å². The van der Waals surface area contributed by atoms with Gasteiger partial charge in [0.15, 0.2) is 6.29 Å². The molecule has 7 unspecified atom stereocenters.